The number of anilines is 2. The zero-order valence-electron chi connectivity index (χ0n) is 25.1. The number of piperazine rings is 1. The van der Waals surface area contributed by atoms with E-state index in [9.17, 15) is 24.3 Å². The fourth-order valence-electron chi connectivity index (χ4n) is 6.03. The van der Waals surface area contributed by atoms with Crippen molar-refractivity contribution < 1.29 is 24.3 Å². The smallest absolute Gasteiger partial charge is 0.305 e. The summed E-state index contributed by atoms with van der Waals surface area (Å²) in [5, 5.41) is 15.5. The Morgan fingerprint density at radius 3 is 2.18 bits per heavy atom. The Bertz CT molecular complexity index is 1480. The minimum absolute atomic E-state index is 0.00687. The maximum absolute atomic E-state index is 13.5. The summed E-state index contributed by atoms with van der Waals surface area (Å²) in [6.07, 6.45) is 4.60. The Hall–Kier alpha value is -4.66. The molecule has 0 radical (unpaired) electrons. The molecule has 1 saturated carbocycles. The molecule has 1 unspecified atom stereocenters. The Morgan fingerprint density at radius 1 is 0.841 bits per heavy atom. The molecule has 3 aromatic carbocycles. The highest BCUT2D eigenvalue weighted by Gasteiger charge is 2.27. The molecule has 0 spiro atoms. The highest BCUT2D eigenvalue weighted by atomic mass is 16.4. The van der Waals surface area contributed by atoms with E-state index in [4.69, 9.17) is 0 Å². The van der Waals surface area contributed by atoms with Gasteiger partial charge in [-0.05, 0) is 55.7 Å². The minimum atomic E-state index is -1.02. The van der Waals surface area contributed by atoms with Crippen LogP contribution in [0.15, 0.2) is 72.8 Å². The van der Waals surface area contributed by atoms with Crippen LogP contribution in [0.5, 0.6) is 0 Å². The Morgan fingerprint density at radius 2 is 1.52 bits per heavy atom. The van der Waals surface area contributed by atoms with E-state index in [1.807, 2.05) is 72.5 Å². The number of carbonyl (C=O) groups excluding carboxylic acids is 3. The number of carboxylic acid groups (broad SMARTS) is 1. The van der Waals surface area contributed by atoms with Crippen LogP contribution in [0.2, 0.25) is 0 Å². The van der Waals surface area contributed by atoms with Gasteiger partial charge in [0.15, 0.2) is 0 Å². The third-order valence-corrected chi connectivity index (χ3v) is 8.58. The molecule has 9 heteroatoms. The first-order valence-corrected chi connectivity index (χ1v) is 15.4. The highest BCUT2D eigenvalue weighted by Crippen LogP contribution is 2.32. The van der Waals surface area contributed by atoms with Crippen molar-refractivity contribution in [3.05, 3.63) is 95.1 Å². The van der Waals surface area contributed by atoms with Crippen molar-refractivity contribution in [2.24, 2.45) is 5.92 Å². The maximum Gasteiger partial charge on any atom is 0.305 e. The van der Waals surface area contributed by atoms with Crippen LogP contribution in [-0.2, 0) is 9.59 Å². The molecule has 5 rings (SSSR count). The first kappa shape index (κ1) is 30.8. The molecule has 3 N–H and O–H groups in total. The Kier molecular flexibility index (Phi) is 9.94. The van der Waals surface area contributed by atoms with Crippen molar-refractivity contribution in [1.29, 1.82) is 0 Å². The lowest BCUT2D eigenvalue weighted by Crippen LogP contribution is -2.49. The lowest BCUT2D eigenvalue weighted by atomic mass is 9.88. The summed E-state index contributed by atoms with van der Waals surface area (Å²) in [5.74, 6) is -1.57. The maximum atomic E-state index is 13.5. The summed E-state index contributed by atoms with van der Waals surface area (Å²) in [6, 6.07) is 21.2. The van der Waals surface area contributed by atoms with Crippen molar-refractivity contribution >= 4 is 35.1 Å². The molecule has 3 amide bonds. The van der Waals surface area contributed by atoms with Gasteiger partial charge in [0.1, 0.15) is 0 Å². The predicted molar refractivity (Wildman–Crippen MR) is 170 cm³/mol. The molecule has 44 heavy (non-hydrogen) atoms. The van der Waals surface area contributed by atoms with E-state index in [0.717, 1.165) is 43.4 Å². The number of hydrogen-bond acceptors (Lipinski definition) is 5. The van der Waals surface area contributed by atoms with Gasteiger partial charge in [0.25, 0.3) is 11.8 Å². The van der Waals surface area contributed by atoms with Gasteiger partial charge in [-0.1, -0.05) is 67.3 Å². The number of carbonyl (C=O) groups is 4. The standard InChI is InChI=1S/C35H40N4O5/c1-24-12-14-25(15-13-24)29(23-32(40)41)36-34(43)28-16-17-31(30(22-28)37-33(42)26-8-4-2-5-9-26)38-18-20-39(21-19-38)35(44)27-10-6-3-7-11-27/h3,6-7,10-17,22,26,29H,2,4-5,8-9,18-21,23H2,1H3,(H,36,43)(H,37,42)(H,40,41). The summed E-state index contributed by atoms with van der Waals surface area (Å²) in [6.45, 7) is 4.15. The number of aliphatic carboxylic acids is 1. The molecule has 1 heterocycles. The summed E-state index contributed by atoms with van der Waals surface area (Å²) in [5.41, 5.74) is 4.06. The van der Waals surface area contributed by atoms with Crippen molar-refractivity contribution in [3.63, 3.8) is 0 Å². The van der Waals surface area contributed by atoms with Gasteiger partial charge < -0.3 is 25.5 Å². The van der Waals surface area contributed by atoms with Gasteiger partial charge in [-0.25, -0.2) is 0 Å². The number of aryl methyl sites for hydroxylation is 1. The van der Waals surface area contributed by atoms with E-state index in [1.165, 1.54) is 0 Å². The monoisotopic (exact) mass is 596 g/mol. The molecule has 2 fully saturated rings. The molecule has 1 saturated heterocycles. The zero-order valence-corrected chi connectivity index (χ0v) is 25.1. The molecule has 230 valence electrons. The van der Waals surface area contributed by atoms with Gasteiger partial charge in [-0.3, -0.25) is 19.2 Å². The molecule has 0 aromatic heterocycles. The van der Waals surface area contributed by atoms with E-state index in [2.05, 4.69) is 15.5 Å². The number of rotatable bonds is 9. The normalized spacial score (nSPS) is 16.2. The fraction of sp³-hybridized carbons (Fsp3) is 0.371. The number of carboxylic acids is 1. The third-order valence-electron chi connectivity index (χ3n) is 8.58. The van der Waals surface area contributed by atoms with Crippen molar-refractivity contribution in [2.45, 2.75) is 51.5 Å². The van der Waals surface area contributed by atoms with Crippen LogP contribution in [0.25, 0.3) is 0 Å². The van der Waals surface area contributed by atoms with Gasteiger partial charge in [-0.15, -0.1) is 0 Å². The Labute approximate surface area is 258 Å². The minimum Gasteiger partial charge on any atom is -0.481 e. The van der Waals surface area contributed by atoms with Crippen LogP contribution in [0.4, 0.5) is 11.4 Å². The average molecular weight is 597 g/mol. The average Bonchev–Trinajstić information content (AvgIpc) is 3.05. The summed E-state index contributed by atoms with van der Waals surface area (Å²) in [7, 11) is 0. The van der Waals surface area contributed by atoms with Gasteiger partial charge in [-0.2, -0.15) is 0 Å². The third kappa shape index (κ3) is 7.64. The summed E-state index contributed by atoms with van der Waals surface area (Å²) >= 11 is 0. The van der Waals surface area contributed by atoms with E-state index >= 15 is 0 Å². The number of nitrogens with zero attached hydrogens (tertiary/aromatic N) is 2. The lowest BCUT2D eigenvalue weighted by Gasteiger charge is -2.37. The molecular weight excluding hydrogens is 556 g/mol. The van der Waals surface area contributed by atoms with Crippen LogP contribution in [-0.4, -0.2) is 59.9 Å². The van der Waals surface area contributed by atoms with Crippen LogP contribution in [0, 0.1) is 12.8 Å². The largest absolute Gasteiger partial charge is 0.481 e. The van der Waals surface area contributed by atoms with Crippen molar-refractivity contribution in [2.75, 3.05) is 36.4 Å². The molecule has 1 atom stereocenters. The number of nitrogens with one attached hydrogen (secondary N) is 2. The lowest BCUT2D eigenvalue weighted by molar-refractivity contribution is -0.137. The van der Waals surface area contributed by atoms with E-state index in [1.54, 1.807) is 12.1 Å². The quantitative estimate of drug-likeness (QED) is 0.304. The van der Waals surface area contributed by atoms with Crippen LogP contribution in [0.3, 0.4) is 0 Å². The molecule has 2 aliphatic rings. The number of hydrogen-bond donors (Lipinski definition) is 3. The summed E-state index contributed by atoms with van der Waals surface area (Å²) < 4.78 is 0. The first-order valence-electron chi connectivity index (χ1n) is 15.4. The molecule has 1 aliphatic heterocycles. The second-order valence-corrected chi connectivity index (χ2v) is 11.7. The Balaban J connectivity index is 1.36. The van der Waals surface area contributed by atoms with Gasteiger partial charge in [0.05, 0.1) is 23.8 Å². The van der Waals surface area contributed by atoms with Crippen molar-refractivity contribution in [3.8, 4) is 0 Å². The van der Waals surface area contributed by atoms with Crippen LogP contribution < -0.4 is 15.5 Å². The SMILES string of the molecule is Cc1ccc(C(CC(=O)O)NC(=O)c2ccc(N3CCN(C(=O)c4ccccc4)CC3)c(NC(=O)C3CCCCC3)c2)cc1. The number of benzene rings is 3. The van der Waals surface area contributed by atoms with Gasteiger partial charge in [0, 0.05) is 43.2 Å². The molecule has 0 bridgehead atoms. The van der Waals surface area contributed by atoms with Crippen molar-refractivity contribution in [1.82, 2.24) is 10.2 Å². The van der Waals surface area contributed by atoms with Crippen LogP contribution in [0.1, 0.15) is 76.4 Å². The number of amides is 3. The topological polar surface area (TPSA) is 119 Å². The summed E-state index contributed by atoms with van der Waals surface area (Å²) in [4.78, 5) is 55.4. The van der Waals surface area contributed by atoms with E-state index in [0.29, 0.717) is 48.6 Å². The fourth-order valence-corrected chi connectivity index (χ4v) is 6.03. The molecule has 3 aromatic rings. The second kappa shape index (κ2) is 14.2. The molecule has 1 aliphatic carbocycles. The van der Waals surface area contributed by atoms with E-state index < -0.39 is 17.9 Å². The first-order chi connectivity index (χ1) is 21.3. The van der Waals surface area contributed by atoms with Gasteiger partial charge in [0.2, 0.25) is 5.91 Å². The van der Waals surface area contributed by atoms with Crippen LogP contribution >= 0.6 is 0 Å². The highest BCUT2D eigenvalue weighted by molar-refractivity contribution is 6.01. The second-order valence-electron chi connectivity index (χ2n) is 11.7. The van der Waals surface area contributed by atoms with Gasteiger partial charge >= 0.3 is 5.97 Å². The molecule has 9 nitrogen and oxygen atoms in total. The predicted octanol–water partition coefficient (Wildman–Crippen LogP) is 5.42. The molecular formula is C35H40N4O5. The van der Waals surface area contributed by atoms with E-state index in [-0.39, 0.29) is 24.2 Å². The zero-order chi connectivity index (χ0) is 31.1.